The Labute approximate surface area is 216 Å². The van der Waals surface area contributed by atoms with Crippen molar-refractivity contribution in [3.05, 3.63) is 42.4 Å². The number of nitrogens with one attached hydrogen (secondary N) is 2. The van der Waals surface area contributed by atoms with E-state index in [1.165, 1.54) is 0 Å². The summed E-state index contributed by atoms with van der Waals surface area (Å²) in [5.74, 6) is 0.458. The summed E-state index contributed by atoms with van der Waals surface area (Å²) in [6.45, 7) is 8.68. The van der Waals surface area contributed by atoms with E-state index in [2.05, 4.69) is 22.3 Å². The first-order valence-corrected chi connectivity index (χ1v) is 13.4. The van der Waals surface area contributed by atoms with Gasteiger partial charge in [0.05, 0.1) is 24.1 Å². The van der Waals surface area contributed by atoms with Crippen molar-refractivity contribution in [3.63, 3.8) is 0 Å². The van der Waals surface area contributed by atoms with Crippen LogP contribution in [0.4, 0.5) is 14.0 Å². The van der Waals surface area contributed by atoms with Crippen LogP contribution in [0.3, 0.4) is 0 Å². The summed E-state index contributed by atoms with van der Waals surface area (Å²) < 4.78 is 22.5. The average Bonchev–Trinajstić information content (AvgIpc) is 3.55. The Bertz CT molecular complexity index is 1160. The van der Waals surface area contributed by atoms with Crippen molar-refractivity contribution in [2.24, 2.45) is 11.8 Å². The Morgan fingerprint density at radius 2 is 2.11 bits per heavy atom. The highest BCUT2D eigenvalue weighted by atomic mass is 19.1. The fourth-order valence-corrected chi connectivity index (χ4v) is 5.67. The van der Waals surface area contributed by atoms with Crippen molar-refractivity contribution in [2.45, 2.75) is 89.2 Å². The highest BCUT2D eigenvalue weighted by molar-refractivity contribution is 5.76. The fourth-order valence-electron chi connectivity index (χ4n) is 5.67. The second kappa shape index (κ2) is 10.3. The lowest BCUT2D eigenvalue weighted by atomic mass is 9.75. The molecule has 1 saturated heterocycles. The number of halogens is 1. The van der Waals surface area contributed by atoms with Gasteiger partial charge in [0.2, 0.25) is 0 Å². The molecule has 2 aliphatic carbocycles. The predicted molar refractivity (Wildman–Crippen MR) is 137 cm³/mol. The van der Waals surface area contributed by atoms with Gasteiger partial charge in [-0.2, -0.15) is 5.10 Å². The Morgan fingerprint density at radius 3 is 2.76 bits per heavy atom. The second-order valence-corrected chi connectivity index (χ2v) is 11.1. The van der Waals surface area contributed by atoms with Crippen LogP contribution in [0, 0.1) is 11.8 Å². The molecule has 37 heavy (non-hydrogen) atoms. The van der Waals surface area contributed by atoms with E-state index in [0.29, 0.717) is 62.5 Å². The SMILES string of the molecule is C=CCC1(F)CCC([C@H](NC(=O)OC(C)C2CC2)c2cn3ncc(CN4C[C@@H](C)NC4=O)cc3n2)CC1. The average molecular weight is 513 g/mol. The van der Waals surface area contributed by atoms with Gasteiger partial charge in [0, 0.05) is 19.1 Å². The number of rotatable bonds is 9. The number of amides is 3. The molecule has 0 radical (unpaired) electrons. The molecule has 0 bridgehead atoms. The molecule has 200 valence electrons. The zero-order valence-electron chi connectivity index (χ0n) is 21.7. The van der Waals surface area contributed by atoms with Gasteiger partial charge in [-0.1, -0.05) is 6.08 Å². The molecule has 2 aromatic rings. The van der Waals surface area contributed by atoms with Crippen LogP contribution in [0.25, 0.3) is 5.65 Å². The van der Waals surface area contributed by atoms with E-state index in [1.807, 2.05) is 26.1 Å². The maximum absolute atomic E-state index is 15.1. The van der Waals surface area contributed by atoms with E-state index in [-0.39, 0.29) is 24.1 Å². The summed E-state index contributed by atoms with van der Waals surface area (Å²) in [6.07, 6.45) is 9.20. The summed E-state index contributed by atoms with van der Waals surface area (Å²) >= 11 is 0. The molecule has 1 aliphatic heterocycles. The highest BCUT2D eigenvalue weighted by Crippen LogP contribution is 2.42. The van der Waals surface area contributed by atoms with Crippen LogP contribution in [0.5, 0.6) is 0 Å². The van der Waals surface area contributed by atoms with Gasteiger partial charge in [0.25, 0.3) is 0 Å². The van der Waals surface area contributed by atoms with Gasteiger partial charge in [-0.25, -0.2) is 23.5 Å². The molecule has 3 atom stereocenters. The van der Waals surface area contributed by atoms with E-state index in [9.17, 15) is 9.59 Å². The minimum absolute atomic E-state index is 0.0247. The number of hydrogen-bond donors (Lipinski definition) is 2. The van der Waals surface area contributed by atoms with Crippen molar-refractivity contribution in [1.82, 2.24) is 30.1 Å². The van der Waals surface area contributed by atoms with Crippen LogP contribution in [0.15, 0.2) is 31.1 Å². The smallest absolute Gasteiger partial charge is 0.407 e. The molecular formula is C27H37FN6O3. The topological polar surface area (TPSA) is 101 Å². The lowest BCUT2D eigenvalue weighted by molar-refractivity contribution is 0.0653. The number of allylic oxidation sites excluding steroid dienone is 1. The minimum Gasteiger partial charge on any atom is -0.446 e. The fraction of sp³-hybridized carbons (Fsp3) is 0.630. The largest absolute Gasteiger partial charge is 0.446 e. The van der Waals surface area contributed by atoms with Gasteiger partial charge in [0.15, 0.2) is 5.65 Å². The number of alkyl halides is 1. The number of imidazole rings is 1. The maximum atomic E-state index is 15.1. The summed E-state index contributed by atoms with van der Waals surface area (Å²) in [5, 5.41) is 10.5. The van der Waals surface area contributed by atoms with E-state index < -0.39 is 17.8 Å². The van der Waals surface area contributed by atoms with E-state index >= 15 is 4.39 Å². The minimum atomic E-state index is -1.24. The number of urea groups is 1. The summed E-state index contributed by atoms with van der Waals surface area (Å²) in [5.41, 5.74) is 0.945. The lowest BCUT2D eigenvalue weighted by Crippen LogP contribution is -2.39. The third kappa shape index (κ3) is 5.88. The number of carbonyl (C=O) groups is 2. The quantitative estimate of drug-likeness (QED) is 0.475. The van der Waals surface area contributed by atoms with E-state index in [0.717, 1.165) is 18.4 Å². The van der Waals surface area contributed by atoms with Crippen LogP contribution < -0.4 is 10.6 Å². The Kier molecular flexibility index (Phi) is 7.09. The number of ether oxygens (including phenoxy) is 1. The Morgan fingerprint density at radius 1 is 1.35 bits per heavy atom. The molecule has 3 aliphatic rings. The van der Waals surface area contributed by atoms with Gasteiger partial charge < -0.3 is 20.3 Å². The van der Waals surface area contributed by atoms with Crippen LogP contribution in [-0.2, 0) is 11.3 Å². The van der Waals surface area contributed by atoms with E-state index in [1.54, 1.807) is 21.7 Å². The molecule has 3 fully saturated rings. The maximum Gasteiger partial charge on any atom is 0.407 e. The molecule has 3 amide bonds. The number of nitrogens with zero attached hydrogens (tertiary/aromatic N) is 4. The number of aromatic nitrogens is 3. The Hall–Kier alpha value is -3.17. The monoisotopic (exact) mass is 512 g/mol. The third-order valence-electron chi connectivity index (χ3n) is 8.00. The highest BCUT2D eigenvalue weighted by Gasteiger charge is 2.39. The molecule has 3 heterocycles. The number of carbonyl (C=O) groups excluding carboxylic acids is 2. The zero-order chi connectivity index (χ0) is 26.2. The molecule has 0 spiro atoms. The molecule has 1 unspecified atom stereocenters. The van der Waals surface area contributed by atoms with Crippen LogP contribution in [0.2, 0.25) is 0 Å². The van der Waals surface area contributed by atoms with Gasteiger partial charge in [-0.3, -0.25) is 0 Å². The molecule has 5 rings (SSSR count). The molecule has 2 N–H and O–H groups in total. The van der Waals surface area contributed by atoms with Crippen molar-refractivity contribution in [2.75, 3.05) is 6.54 Å². The van der Waals surface area contributed by atoms with Gasteiger partial charge in [-0.15, -0.1) is 6.58 Å². The van der Waals surface area contributed by atoms with Crippen LogP contribution >= 0.6 is 0 Å². The summed E-state index contributed by atoms with van der Waals surface area (Å²) in [4.78, 5) is 31.5. The first kappa shape index (κ1) is 25.5. The molecule has 9 nitrogen and oxygen atoms in total. The van der Waals surface area contributed by atoms with Crippen molar-refractivity contribution in [3.8, 4) is 0 Å². The van der Waals surface area contributed by atoms with Crippen LogP contribution in [0.1, 0.15) is 76.1 Å². The number of alkyl carbamates (subject to hydrolysis) is 1. The zero-order valence-corrected chi connectivity index (χ0v) is 21.7. The third-order valence-corrected chi connectivity index (χ3v) is 8.00. The van der Waals surface area contributed by atoms with Gasteiger partial charge in [-0.05, 0) is 82.3 Å². The van der Waals surface area contributed by atoms with E-state index in [4.69, 9.17) is 9.72 Å². The van der Waals surface area contributed by atoms with Crippen molar-refractivity contribution >= 4 is 17.8 Å². The van der Waals surface area contributed by atoms with Crippen molar-refractivity contribution < 1.29 is 18.7 Å². The first-order valence-electron chi connectivity index (χ1n) is 13.4. The summed E-state index contributed by atoms with van der Waals surface area (Å²) in [6, 6.07) is 1.52. The second-order valence-electron chi connectivity index (χ2n) is 11.1. The predicted octanol–water partition coefficient (Wildman–Crippen LogP) is 4.68. The van der Waals surface area contributed by atoms with Crippen LogP contribution in [-0.4, -0.2) is 56.0 Å². The molecule has 10 heteroatoms. The molecule has 2 aromatic heterocycles. The number of hydrogen-bond acceptors (Lipinski definition) is 5. The van der Waals surface area contributed by atoms with Crippen molar-refractivity contribution in [1.29, 1.82) is 0 Å². The summed E-state index contributed by atoms with van der Waals surface area (Å²) in [7, 11) is 0. The standard InChI is InChI=1S/C27H37FN6O3/c1-4-9-27(28)10-7-21(8-11-27)24(32-26(36)37-18(3)20-5-6-20)22-16-34-23(31-22)12-19(13-29-34)15-33-14-17(2)30-25(33)35/h4,12-13,16-18,20-21,24H,1,5-11,14-15H2,2-3H3,(H,30,35)(H,32,36)/t17-,18?,21?,24+,27?/m1/s1. The van der Waals surface area contributed by atoms with Gasteiger partial charge in [0.1, 0.15) is 11.8 Å². The molecular weight excluding hydrogens is 475 g/mol. The van der Waals surface area contributed by atoms with Gasteiger partial charge >= 0.3 is 12.1 Å². The normalized spacial score (nSPS) is 27.5. The molecule has 0 aromatic carbocycles. The molecule has 2 saturated carbocycles. The number of fused-ring (bicyclic) bond motifs is 1. The lowest BCUT2D eigenvalue weighted by Gasteiger charge is -2.36. The Balaban J connectivity index is 1.35. The first-order chi connectivity index (χ1) is 17.7.